The van der Waals surface area contributed by atoms with Crippen LogP contribution >= 0.6 is 0 Å². The molecule has 0 unspecified atom stereocenters. The van der Waals surface area contributed by atoms with Crippen LogP contribution in [0.2, 0.25) is 0 Å². The van der Waals surface area contributed by atoms with E-state index in [9.17, 15) is 4.79 Å². The molecule has 2 aromatic rings. The predicted molar refractivity (Wildman–Crippen MR) is 60.4 cm³/mol. The van der Waals surface area contributed by atoms with Gasteiger partial charge in [-0.15, -0.1) is 0 Å². The predicted octanol–water partition coefficient (Wildman–Crippen LogP) is 2.59. The molecule has 76 valence electrons. The highest BCUT2D eigenvalue weighted by molar-refractivity contribution is 5.76. The minimum atomic E-state index is -0.0874. The number of hydrogen-bond acceptors (Lipinski definition) is 2. The number of nitrogens with one attached hydrogen (secondary N) is 1. The minimum absolute atomic E-state index is 0. The third-order valence-corrected chi connectivity index (χ3v) is 1.55. The van der Waals surface area contributed by atoms with Gasteiger partial charge in [0.05, 0.1) is 17.2 Å². The summed E-state index contributed by atoms with van der Waals surface area (Å²) in [5, 5.41) is 0.634. The second kappa shape index (κ2) is 5.91. The van der Waals surface area contributed by atoms with Crippen molar-refractivity contribution in [3.05, 3.63) is 40.9 Å². The van der Waals surface area contributed by atoms with Crippen LogP contribution in [-0.4, -0.2) is 9.97 Å². The number of aromatic nitrogens is 2. The van der Waals surface area contributed by atoms with Crippen LogP contribution < -0.4 is 5.56 Å². The number of aromatic amines is 1. The Bertz CT molecular complexity index is 429. The fourth-order valence-corrected chi connectivity index (χ4v) is 1.02. The van der Waals surface area contributed by atoms with E-state index in [-0.39, 0.29) is 13.0 Å². The van der Waals surface area contributed by atoms with Crippen molar-refractivity contribution in [2.45, 2.75) is 21.3 Å². The molecule has 1 heterocycles. The molecule has 0 fully saturated rings. The Hall–Kier alpha value is -1.64. The average molecular weight is 192 g/mol. The number of rotatable bonds is 0. The number of benzene rings is 1. The summed E-state index contributed by atoms with van der Waals surface area (Å²) in [7, 11) is 0. The standard InChI is InChI=1S/C8H6N2O.C2H6.CH4/c11-8-6-3-1-2-4-7(6)9-5-10-8;1-2;/h1-5H,(H,9,10,11);1-2H3;1H4. The molecule has 0 amide bonds. The highest BCUT2D eigenvalue weighted by Crippen LogP contribution is 2.02. The lowest BCUT2D eigenvalue weighted by Crippen LogP contribution is -2.05. The molecule has 0 atom stereocenters. The first-order chi connectivity index (χ1) is 6.38. The molecule has 3 heteroatoms. The summed E-state index contributed by atoms with van der Waals surface area (Å²) in [5.41, 5.74) is 0.645. The molecule has 14 heavy (non-hydrogen) atoms. The first kappa shape index (κ1) is 12.4. The van der Waals surface area contributed by atoms with Gasteiger partial charge in [-0.25, -0.2) is 4.98 Å². The van der Waals surface area contributed by atoms with E-state index in [1.54, 1.807) is 6.07 Å². The Morgan fingerprint density at radius 2 is 1.86 bits per heavy atom. The second-order valence-corrected chi connectivity index (χ2v) is 2.25. The molecule has 0 aliphatic rings. The van der Waals surface area contributed by atoms with E-state index >= 15 is 0 Å². The Balaban J connectivity index is 0.000000531. The molecule has 0 spiro atoms. The van der Waals surface area contributed by atoms with Crippen LogP contribution in [0.15, 0.2) is 35.4 Å². The first-order valence-electron chi connectivity index (χ1n) is 4.30. The van der Waals surface area contributed by atoms with Crippen molar-refractivity contribution >= 4 is 10.9 Å². The monoisotopic (exact) mass is 192 g/mol. The highest BCUT2D eigenvalue weighted by atomic mass is 16.1. The van der Waals surface area contributed by atoms with Gasteiger partial charge in [-0.1, -0.05) is 33.4 Å². The summed E-state index contributed by atoms with van der Waals surface area (Å²) in [4.78, 5) is 17.6. The maximum atomic E-state index is 11.1. The van der Waals surface area contributed by atoms with Crippen molar-refractivity contribution in [3.63, 3.8) is 0 Å². The Labute approximate surface area is 83.8 Å². The van der Waals surface area contributed by atoms with Gasteiger partial charge in [0.25, 0.3) is 5.56 Å². The minimum Gasteiger partial charge on any atom is -0.313 e. The van der Waals surface area contributed by atoms with Gasteiger partial charge in [0, 0.05) is 0 Å². The van der Waals surface area contributed by atoms with Crippen LogP contribution in [0.4, 0.5) is 0 Å². The molecule has 0 bridgehead atoms. The lowest BCUT2D eigenvalue weighted by molar-refractivity contribution is 1.17. The zero-order chi connectivity index (χ0) is 9.68. The number of para-hydroxylation sites is 1. The van der Waals surface area contributed by atoms with Crippen molar-refractivity contribution in [3.8, 4) is 0 Å². The van der Waals surface area contributed by atoms with Gasteiger partial charge < -0.3 is 4.98 Å². The topological polar surface area (TPSA) is 45.8 Å². The van der Waals surface area contributed by atoms with Gasteiger partial charge in [0.2, 0.25) is 0 Å². The van der Waals surface area contributed by atoms with Crippen molar-refractivity contribution in [2.75, 3.05) is 0 Å². The van der Waals surface area contributed by atoms with Gasteiger partial charge in [-0.05, 0) is 12.1 Å². The van der Waals surface area contributed by atoms with Crippen LogP contribution in [0.5, 0.6) is 0 Å². The SMILES string of the molecule is C.CC.O=c1[nH]cnc2ccccc12. The Morgan fingerprint density at radius 3 is 2.50 bits per heavy atom. The molecule has 1 aromatic heterocycles. The zero-order valence-electron chi connectivity index (χ0n) is 7.74. The zero-order valence-corrected chi connectivity index (χ0v) is 7.74. The van der Waals surface area contributed by atoms with E-state index in [0.717, 1.165) is 5.52 Å². The van der Waals surface area contributed by atoms with E-state index in [1.807, 2.05) is 32.0 Å². The van der Waals surface area contributed by atoms with Gasteiger partial charge in [-0.3, -0.25) is 4.79 Å². The molecule has 2 rings (SSSR count). The lowest BCUT2D eigenvalue weighted by atomic mass is 10.2. The van der Waals surface area contributed by atoms with Crippen LogP contribution in [0, 0.1) is 0 Å². The van der Waals surface area contributed by atoms with Crippen molar-refractivity contribution in [1.29, 1.82) is 0 Å². The maximum Gasteiger partial charge on any atom is 0.258 e. The molecule has 3 nitrogen and oxygen atoms in total. The maximum absolute atomic E-state index is 11.1. The molecule has 1 N–H and O–H groups in total. The summed E-state index contributed by atoms with van der Waals surface area (Å²) in [6, 6.07) is 7.24. The van der Waals surface area contributed by atoms with E-state index in [0.29, 0.717) is 5.39 Å². The van der Waals surface area contributed by atoms with Gasteiger partial charge in [0.1, 0.15) is 0 Å². The summed E-state index contributed by atoms with van der Waals surface area (Å²) in [6.45, 7) is 4.00. The summed E-state index contributed by atoms with van der Waals surface area (Å²) in [6.07, 6.45) is 1.41. The fraction of sp³-hybridized carbons (Fsp3) is 0.273. The van der Waals surface area contributed by atoms with Gasteiger partial charge in [0.15, 0.2) is 0 Å². The van der Waals surface area contributed by atoms with Crippen molar-refractivity contribution in [2.24, 2.45) is 0 Å². The Morgan fingerprint density at radius 1 is 1.21 bits per heavy atom. The number of nitrogens with zero attached hydrogens (tertiary/aromatic N) is 1. The summed E-state index contributed by atoms with van der Waals surface area (Å²) >= 11 is 0. The van der Waals surface area contributed by atoms with Gasteiger partial charge in [-0.2, -0.15) is 0 Å². The van der Waals surface area contributed by atoms with Crippen molar-refractivity contribution in [1.82, 2.24) is 9.97 Å². The van der Waals surface area contributed by atoms with Crippen LogP contribution in [-0.2, 0) is 0 Å². The van der Waals surface area contributed by atoms with Gasteiger partial charge >= 0.3 is 0 Å². The number of H-pyrrole nitrogens is 1. The van der Waals surface area contributed by atoms with Crippen LogP contribution in [0.3, 0.4) is 0 Å². The molecule has 1 aromatic carbocycles. The number of hydrogen-bond donors (Lipinski definition) is 1. The van der Waals surface area contributed by atoms with E-state index in [2.05, 4.69) is 9.97 Å². The lowest BCUT2D eigenvalue weighted by Gasteiger charge is -1.91. The second-order valence-electron chi connectivity index (χ2n) is 2.25. The highest BCUT2D eigenvalue weighted by Gasteiger charge is 1.94. The quantitative estimate of drug-likeness (QED) is 0.697. The molecular weight excluding hydrogens is 176 g/mol. The number of fused-ring (bicyclic) bond motifs is 1. The Kier molecular flexibility index (Phi) is 5.22. The van der Waals surface area contributed by atoms with E-state index < -0.39 is 0 Å². The first-order valence-corrected chi connectivity index (χ1v) is 4.30. The molecule has 0 aliphatic carbocycles. The van der Waals surface area contributed by atoms with Crippen LogP contribution in [0.25, 0.3) is 10.9 Å². The molecule has 0 saturated heterocycles. The summed E-state index contributed by atoms with van der Waals surface area (Å²) < 4.78 is 0. The molecule has 0 radical (unpaired) electrons. The third kappa shape index (κ3) is 2.42. The van der Waals surface area contributed by atoms with E-state index in [1.165, 1.54) is 6.33 Å². The average Bonchev–Trinajstić information content (AvgIpc) is 2.22. The largest absolute Gasteiger partial charge is 0.313 e. The molecular formula is C11H16N2O. The van der Waals surface area contributed by atoms with Crippen LogP contribution in [0.1, 0.15) is 21.3 Å². The smallest absolute Gasteiger partial charge is 0.258 e. The molecule has 0 aliphatic heterocycles. The fourth-order valence-electron chi connectivity index (χ4n) is 1.02. The molecule has 0 saturated carbocycles. The van der Waals surface area contributed by atoms with Crippen molar-refractivity contribution < 1.29 is 0 Å². The summed E-state index contributed by atoms with van der Waals surface area (Å²) in [5.74, 6) is 0. The normalized spacial score (nSPS) is 8.43. The van der Waals surface area contributed by atoms with E-state index in [4.69, 9.17) is 0 Å². The third-order valence-electron chi connectivity index (χ3n) is 1.55.